The van der Waals surface area contributed by atoms with Crippen LogP contribution in [0.15, 0.2) is 42.5 Å². The first kappa shape index (κ1) is 15.4. The number of hydrogen-bond acceptors (Lipinski definition) is 2. The van der Waals surface area contributed by atoms with Crippen LogP contribution >= 0.6 is 0 Å². The van der Waals surface area contributed by atoms with Gasteiger partial charge in [-0.25, -0.2) is 13.6 Å². The summed E-state index contributed by atoms with van der Waals surface area (Å²) in [6.07, 6.45) is 0. The standard InChI is InChI=1S/C15H13F2N3O2/c1-9(21)18-11-3-5-12(6-4-11)19-15(22)20-14-8-10(16)2-7-13(14)17/h2-8H,1H3,(H,18,21)(H2,19,20,22). The zero-order chi connectivity index (χ0) is 16.1. The maximum Gasteiger partial charge on any atom is 0.323 e. The third-order valence-electron chi connectivity index (χ3n) is 2.64. The van der Waals surface area contributed by atoms with E-state index in [-0.39, 0.29) is 11.6 Å². The van der Waals surface area contributed by atoms with Gasteiger partial charge in [0.1, 0.15) is 11.6 Å². The van der Waals surface area contributed by atoms with Gasteiger partial charge in [0, 0.05) is 24.4 Å². The van der Waals surface area contributed by atoms with Gasteiger partial charge in [-0.2, -0.15) is 0 Å². The van der Waals surface area contributed by atoms with Crippen molar-refractivity contribution in [3.63, 3.8) is 0 Å². The number of urea groups is 1. The van der Waals surface area contributed by atoms with Gasteiger partial charge in [-0.3, -0.25) is 4.79 Å². The Hall–Kier alpha value is -2.96. The van der Waals surface area contributed by atoms with E-state index in [9.17, 15) is 18.4 Å². The zero-order valence-corrected chi connectivity index (χ0v) is 11.6. The molecule has 3 amide bonds. The molecule has 0 saturated carbocycles. The van der Waals surface area contributed by atoms with Gasteiger partial charge in [0.2, 0.25) is 5.91 Å². The van der Waals surface area contributed by atoms with Gasteiger partial charge < -0.3 is 16.0 Å². The first-order valence-electron chi connectivity index (χ1n) is 6.35. The SMILES string of the molecule is CC(=O)Nc1ccc(NC(=O)Nc2cc(F)ccc2F)cc1. The van der Waals surface area contributed by atoms with Crippen molar-refractivity contribution in [3.8, 4) is 0 Å². The van der Waals surface area contributed by atoms with Crippen molar-refractivity contribution in [2.45, 2.75) is 6.92 Å². The lowest BCUT2D eigenvalue weighted by molar-refractivity contribution is -0.114. The number of nitrogens with one attached hydrogen (secondary N) is 3. The van der Waals surface area contributed by atoms with Crippen LogP contribution in [0.3, 0.4) is 0 Å². The molecule has 0 heterocycles. The molecule has 0 unspecified atom stereocenters. The van der Waals surface area contributed by atoms with Gasteiger partial charge >= 0.3 is 6.03 Å². The van der Waals surface area contributed by atoms with Crippen molar-refractivity contribution >= 4 is 29.0 Å². The third-order valence-corrected chi connectivity index (χ3v) is 2.64. The number of carbonyl (C=O) groups excluding carboxylic acids is 2. The Labute approximate surface area is 125 Å². The Balaban J connectivity index is 1.99. The van der Waals surface area contributed by atoms with E-state index in [0.29, 0.717) is 11.4 Å². The monoisotopic (exact) mass is 305 g/mol. The summed E-state index contributed by atoms with van der Waals surface area (Å²) in [6.45, 7) is 1.38. The molecule has 0 spiro atoms. The van der Waals surface area contributed by atoms with Gasteiger partial charge in [-0.1, -0.05) is 0 Å². The molecule has 7 heteroatoms. The molecule has 22 heavy (non-hydrogen) atoms. The topological polar surface area (TPSA) is 70.2 Å². The molecule has 0 fully saturated rings. The number of benzene rings is 2. The summed E-state index contributed by atoms with van der Waals surface area (Å²) < 4.78 is 26.4. The van der Waals surface area contributed by atoms with Gasteiger partial charge in [-0.05, 0) is 36.4 Å². The largest absolute Gasteiger partial charge is 0.326 e. The maximum absolute atomic E-state index is 13.4. The summed E-state index contributed by atoms with van der Waals surface area (Å²) >= 11 is 0. The minimum atomic E-state index is -0.738. The fraction of sp³-hybridized carbons (Fsp3) is 0.0667. The second-order valence-electron chi connectivity index (χ2n) is 4.46. The molecule has 0 saturated heterocycles. The van der Waals surface area contributed by atoms with E-state index in [1.54, 1.807) is 24.3 Å². The predicted molar refractivity (Wildman–Crippen MR) is 79.7 cm³/mol. The lowest BCUT2D eigenvalue weighted by Crippen LogP contribution is -2.20. The molecule has 3 N–H and O–H groups in total. The van der Waals surface area contributed by atoms with Crippen LogP contribution in [0.1, 0.15) is 6.92 Å². The highest BCUT2D eigenvalue weighted by molar-refractivity contribution is 6.00. The second-order valence-corrected chi connectivity index (χ2v) is 4.46. The molecule has 2 aromatic carbocycles. The Morgan fingerprint density at radius 1 is 0.864 bits per heavy atom. The smallest absolute Gasteiger partial charge is 0.323 e. The second kappa shape index (κ2) is 6.66. The molecule has 5 nitrogen and oxygen atoms in total. The van der Waals surface area contributed by atoms with Crippen molar-refractivity contribution in [3.05, 3.63) is 54.1 Å². The van der Waals surface area contributed by atoms with E-state index in [4.69, 9.17) is 0 Å². The molecular weight excluding hydrogens is 292 g/mol. The molecule has 2 aromatic rings. The molecule has 2 rings (SSSR count). The Morgan fingerprint density at radius 2 is 1.45 bits per heavy atom. The molecule has 0 atom stereocenters. The number of hydrogen-bond donors (Lipinski definition) is 3. The van der Waals surface area contributed by atoms with Gasteiger partial charge in [0.15, 0.2) is 0 Å². The number of anilines is 3. The van der Waals surface area contributed by atoms with Crippen LogP contribution in [0.5, 0.6) is 0 Å². The molecule has 0 bridgehead atoms. The molecule has 0 aliphatic rings. The normalized spacial score (nSPS) is 9.95. The van der Waals surface area contributed by atoms with Gasteiger partial charge in [-0.15, -0.1) is 0 Å². The van der Waals surface area contributed by atoms with Gasteiger partial charge in [0.05, 0.1) is 5.69 Å². The minimum absolute atomic E-state index is 0.208. The van der Waals surface area contributed by atoms with Crippen LogP contribution in [0.4, 0.5) is 30.6 Å². The molecule has 0 radical (unpaired) electrons. The van der Waals surface area contributed by atoms with Crippen molar-refractivity contribution in [2.24, 2.45) is 0 Å². The first-order chi connectivity index (χ1) is 10.4. The van der Waals surface area contributed by atoms with E-state index >= 15 is 0 Å². The Morgan fingerprint density at radius 3 is 2.05 bits per heavy atom. The lowest BCUT2D eigenvalue weighted by Gasteiger charge is -2.09. The quantitative estimate of drug-likeness (QED) is 0.811. The van der Waals surface area contributed by atoms with E-state index < -0.39 is 17.7 Å². The molecule has 0 aromatic heterocycles. The summed E-state index contributed by atoms with van der Waals surface area (Å²) in [7, 11) is 0. The molecule has 114 valence electrons. The molecular formula is C15H13F2N3O2. The summed E-state index contributed by atoms with van der Waals surface area (Å²) in [5.41, 5.74) is 0.755. The Bertz CT molecular complexity index is 702. The van der Waals surface area contributed by atoms with Crippen molar-refractivity contribution < 1.29 is 18.4 Å². The van der Waals surface area contributed by atoms with Crippen LogP contribution in [0.2, 0.25) is 0 Å². The lowest BCUT2D eigenvalue weighted by atomic mass is 10.2. The summed E-state index contributed by atoms with van der Waals surface area (Å²) in [5.74, 6) is -1.60. The summed E-state index contributed by atoms with van der Waals surface area (Å²) in [5, 5.41) is 7.26. The number of rotatable bonds is 3. The van der Waals surface area contributed by atoms with E-state index in [2.05, 4.69) is 16.0 Å². The highest BCUT2D eigenvalue weighted by Crippen LogP contribution is 2.17. The minimum Gasteiger partial charge on any atom is -0.326 e. The van der Waals surface area contributed by atoms with Crippen molar-refractivity contribution in [2.75, 3.05) is 16.0 Å². The fourth-order valence-corrected chi connectivity index (χ4v) is 1.72. The molecule has 0 aliphatic carbocycles. The average molecular weight is 305 g/mol. The number of halogens is 2. The van der Waals surface area contributed by atoms with Crippen molar-refractivity contribution in [1.82, 2.24) is 0 Å². The maximum atomic E-state index is 13.4. The summed E-state index contributed by atoms with van der Waals surface area (Å²) in [4.78, 5) is 22.6. The van der Waals surface area contributed by atoms with Crippen LogP contribution < -0.4 is 16.0 Å². The van der Waals surface area contributed by atoms with E-state index in [0.717, 1.165) is 18.2 Å². The fourth-order valence-electron chi connectivity index (χ4n) is 1.72. The Kier molecular flexibility index (Phi) is 4.67. The van der Waals surface area contributed by atoms with Gasteiger partial charge in [0.25, 0.3) is 0 Å². The van der Waals surface area contributed by atoms with Crippen LogP contribution in [0.25, 0.3) is 0 Å². The van der Waals surface area contributed by atoms with Crippen LogP contribution in [-0.2, 0) is 4.79 Å². The average Bonchev–Trinajstić information content (AvgIpc) is 2.44. The van der Waals surface area contributed by atoms with Crippen LogP contribution in [0, 0.1) is 11.6 Å². The number of amides is 3. The third kappa shape index (κ3) is 4.27. The van der Waals surface area contributed by atoms with E-state index in [1.165, 1.54) is 6.92 Å². The van der Waals surface area contributed by atoms with Crippen LogP contribution in [-0.4, -0.2) is 11.9 Å². The number of carbonyl (C=O) groups is 2. The van der Waals surface area contributed by atoms with Crippen molar-refractivity contribution in [1.29, 1.82) is 0 Å². The highest BCUT2D eigenvalue weighted by atomic mass is 19.1. The zero-order valence-electron chi connectivity index (χ0n) is 11.6. The predicted octanol–water partition coefficient (Wildman–Crippen LogP) is 3.57. The van der Waals surface area contributed by atoms with E-state index in [1.807, 2.05) is 0 Å². The molecule has 0 aliphatic heterocycles. The highest BCUT2D eigenvalue weighted by Gasteiger charge is 2.08. The first-order valence-corrected chi connectivity index (χ1v) is 6.35. The summed E-state index contributed by atoms with van der Waals surface area (Å²) in [6, 6.07) is 8.37.